The zero-order valence-corrected chi connectivity index (χ0v) is 21.7. The van der Waals surface area contributed by atoms with Crippen molar-refractivity contribution in [3.8, 4) is 0 Å². The Balaban J connectivity index is 0.00000324. The fourth-order valence-corrected chi connectivity index (χ4v) is 6.91. The molecule has 0 saturated carbocycles. The van der Waals surface area contributed by atoms with Crippen LogP contribution in [-0.2, 0) is 24.8 Å². The molecule has 1 N–H and O–H groups in total. The van der Waals surface area contributed by atoms with Crippen LogP contribution in [0.4, 0.5) is 0 Å². The van der Waals surface area contributed by atoms with Gasteiger partial charge in [-0.3, -0.25) is 4.90 Å². The minimum Gasteiger partial charge on any atom is -0.379 e. The Bertz CT molecular complexity index is 1140. The molecule has 4 rings (SSSR count). The third-order valence-corrected chi connectivity index (χ3v) is 9.56. The Labute approximate surface area is 208 Å². The first-order valence-corrected chi connectivity index (χ1v) is 14.2. The molecule has 0 radical (unpaired) electrons. The van der Waals surface area contributed by atoms with E-state index < -0.39 is 26.1 Å². The van der Waals surface area contributed by atoms with Gasteiger partial charge in [0.2, 0.25) is 20.0 Å². The number of hydrogen-bond donors (Lipinski definition) is 1. The lowest BCUT2D eigenvalue weighted by Gasteiger charge is -2.31. The van der Waals surface area contributed by atoms with Crippen molar-refractivity contribution in [1.82, 2.24) is 13.9 Å². The quantitative estimate of drug-likeness (QED) is 0.564. The van der Waals surface area contributed by atoms with Crippen molar-refractivity contribution in [1.29, 1.82) is 0 Å². The fraction of sp³-hybridized carbons (Fsp3) is 0.478. The summed E-state index contributed by atoms with van der Waals surface area (Å²) in [7, 11) is -7.46. The zero-order valence-electron chi connectivity index (χ0n) is 19.2. The highest BCUT2D eigenvalue weighted by Gasteiger charge is 2.28. The van der Waals surface area contributed by atoms with Gasteiger partial charge in [-0.25, -0.2) is 21.6 Å². The molecule has 1 atom stereocenters. The lowest BCUT2D eigenvalue weighted by atomic mass is 10.1. The molecular formula is C23H32ClN3O5S2. The highest BCUT2D eigenvalue weighted by Crippen LogP contribution is 2.24. The molecule has 188 valence electrons. The van der Waals surface area contributed by atoms with Gasteiger partial charge in [-0.2, -0.15) is 4.31 Å². The summed E-state index contributed by atoms with van der Waals surface area (Å²) >= 11 is 0. The second kappa shape index (κ2) is 11.5. The third-order valence-electron chi connectivity index (χ3n) is 6.16. The number of rotatable bonds is 8. The van der Waals surface area contributed by atoms with Crippen molar-refractivity contribution in [2.24, 2.45) is 0 Å². The van der Waals surface area contributed by atoms with Gasteiger partial charge in [0.1, 0.15) is 0 Å². The molecule has 0 aromatic heterocycles. The smallest absolute Gasteiger partial charge is 0.243 e. The van der Waals surface area contributed by atoms with Gasteiger partial charge in [-0.15, -0.1) is 12.4 Å². The van der Waals surface area contributed by atoms with Gasteiger partial charge in [0.05, 0.1) is 29.0 Å². The molecule has 1 unspecified atom stereocenters. The first-order chi connectivity index (χ1) is 15.8. The molecule has 0 bridgehead atoms. The van der Waals surface area contributed by atoms with Gasteiger partial charge in [0.25, 0.3) is 0 Å². The van der Waals surface area contributed by atoms with E-state index >= 15 is 0 Å². The summed E-state index contributed by atoms with van der Waals surface area (Å²) in [6.45, 7) is 6.25. The van der Waals surface area contributed by atoms with Gasteiger partial charge in [0, 0.05) is 32.7 Å². The van der Waals surface area contributed by atoms with Gasteiger partial charge in [-0.1, -0.05) is 29.8 Å². The Morgan fingerprint density at radius 1 is 0.853 bits per heavy atom. The molecule has 11 heteroatoms. The van der Waals surface area contributed by atoms with E-state index in [1.165, 1.54) is 28.6 Å². The maximum atomic E-state index is 13.2. The largest absolute Gasteiger partial charge is 0.379 e. The van der Waals surface area contributed by atoms with E-state index in [0.29, 0.717) is 32.8 Å². The Kier molecular flexibility index (Phi) is 9.13. The van der Waals surface area contributed by atoms with E-state index in [2.05, 4.69) is 9.62 Å². The van der Waals surface area contributed by atoms with Gasteiger partial charge in [0.15, 0.2) is 0 Å². The van der Waals surface area contributed by atoms with Crippen molar-refractivity contribution in [3.63, 3.8) is 0 Å². The summed E-state index contributed by atoms with van der Waals surface area (Å²) in [4.78, 5) is 2.34. The molecule has 2 aliphatic heterocycles. The number of benzene rings is 2. The average Bonchev–Trinajstić information content (AvgIpc) is 3.36. The SMILES string of the molecule is Cc1ccc(C(CN2CCOCC2)NS(=O)(=O)c2ccc(S(=O)(=O)N3CCCC3)cc2)cc1.Cl. The normalized spacial score (nSPS) is 19.0. The van der Waals surface area contributed by atoms with E-state index in [1.807, 2.05) is 31.2 Å². The molecule has 2 saturated heterocycles. The predicted molar refractivity (Wildman–Crippen MR) is 133 cm³/mol. The van der Waals surface area contributed by atoms with Gasteiger partial charge < -0.3 is 4.74 Å². The first-order valence-electron chi connectivity index (χ1n) is 11.2. The Morgan fingerprint density at radius 2 is 1.41 bits per heavy atom. The molecule has 34 heavy (non-hydrogen) atoms. The fourth-order valence-electron chi connectivity index (χ4n) is 4.18. The zero-order chi connectivity index (χ0) is 23.5. The van der Waals surface area contributed by atoms with Crippen LogP contribution in [0, 0.1) is 6.92 Å². The number of ether oxygens (including phenoxy) is 1. The minimum atomic E-state index is -3.87. The molecule has 0 aliphatic carbocycles. The van der Waals surface area contributed by atoms with E-state index in [0.717, 1.165) is 37.1 Å². The summed E-state index contributed by atoms with van der Waals surface area (Å²) in [5.74, 6) is 0. The van der Waals surface area contributed by atoms with Crippen LogP contribution < -0.4 is 4.72 Å². The number of halogens is 1. The summed E-state index contributed by atoms with van der Waals surface area (Å²) < 4.78 is 61.7. The summed E-state index contributed by atoms with van der Waals surface area (Å²) in [6.07, 6.45) is 1.69. The van der Waals surface area contributed by atoms with Gasteiger partial charge in [-0.05, 0) is 49.6 Å². The summed E-state index contributed by atoms with van der Waals surface area (Å²) in [5.41, 5.74) is 1.98. The number of nitrogens with zero attached hydrogens (tertiary/aromatic N) is 2. The Hall–Kier alpha value is -1.53. The first kappa shape index (κ1) is 27.1. The van der Waals surface area contributed by atoms with Crippen LogP contribution in [-0.4, -0.2) is 72.0 Å². The highest BCUT2D eigenvalue weighted by atomic mass is 35.5. The molecule has 2 heterocycles. The maximum Gasteiger partial charge on any atom is 0.243 e. The van der Waals surface area contributed by atoms with Crippen molar-refractivity contribution in [2.45, 2.75) is 35.6 Å². The van der Waals surface area contributed by atoms with Crippen LogP contribution in [0.25, 0.3) is 0 Å². The second-order valence-electron chi connectivity index (χ2n) is 8.58. The van der Waals surface area contributed by atoms with Crippen LogP contribution in [0.15, 0.2) is 58.3 Å². The van der Waals surface area contributed by atoms with E-state index in [1.54, 1.807) is 0 Å². The second-order valence-corrected chi connectivity index (χ2v) is 12.2. The molecule has 0 amide bonds. The lowest BCUT2D eigenvalue weighted by Crippen LogP contribution is -2.43. The molecule has 0 spiro atoms. The van der Waals surface area contributed by atoms with E-state index in [9.17, 15) is 16.8 Å². The summed E-state index contributed by atoms with van der Waals surface area (Å²) in [5, 5.41) is 0. The van der Waals surface area contributed by atoms with Gasteiger partial charge >= 0.3 is 0 Å². The standard InChI is InChI=1S/C23H31N3O5S2.ClH/c1-19-4-6-20(7-5-19)23(18-25-14-16-31-17-15-25)24-32(27,28)21-8-10-22(11-9-21)33(29,30)26-12-2-3-13-26;/h4-11,23-24H,2-3,12-18H2,1H3;1H. The third kappa shape index (κ3) is 6.37. The van der Waals surface area contributed by atoms with Crippen LogP contribution in [0.2, 0.25) is 0 Å². The molecule has 8 nitrogen and oxygen atoms in total. The molecular weight excluding hydrogens is 498 g/mol. The number of sulfonamides is 2. The molecule has 2 aromatic rings. The van der Waals surface area contributed by atoms with Crippen molar-refractivity contribution in [3.05, 3.63) is 59.7 Å². The number of nitrogens with one attached hydrogen (secondary N) is 1. The average molecular weight is 530 g/mol. The Morgan fingerprint density at radius 3 is 2.00 bits per heavy atom. The number of aryl methyl sites for hydroxylation is 1. The number of morpholine rings is 1. The maximum absolute atomic E-state index is 13.2. The molecule has 2 aromatic carbocycles. The summed E-state index contributed by atoms with van der Waals surface area (Å²) in [6, 6.07) is 12.9. The van der Waals surface area contributed by atoms with E-state index in [-0.39, 0.29) is 22.2 Å². The van der Waals surface area contributed by atoms with Crippen molar-refractivity contribution in [2.75, 3.05) is 45.9 Å². The van der Waals surface area contributed by atoms with E-state index in [4.69, 9.17) is 4.74 Å². The van der Waals surface area contributed by atoms with Crippen LogP contribution in [0.1, 0.15) is 30.0 Å². The number of hydrogen-bond acceptors (Lipinski definition) is 6. The highest BCUT2D eigenvalue weighted by molar-refractivity contribution is 7.89. The van der Waals surface area contributed by atoms with Crippen LogP contribution in [0.3, 0.4) is 0 Å². The lowest BCUT2D eigenvalue weighted by molar-refractivity contribution is 0.0345. The molecule has 2 fully saturated rings. The minimum absolute atomic E-state index is 0. The predicted octanol–water partition coefficient (Wildman–Crippen LogP) is 2.55. The molecule has 2 aliphatic rings. The van der Waals surface area contributed by atoms with Crippen LogP contribution >= 0.6 is 12.4 Å². The van der Waals surface area contributed by atoms with Crippen molar-refractivity contribution < 1.29 is 21.6 Å². The monoisotopic (exact) mass is 529 g/mol. The van der Waals surface area contributed by atoms with Crippen LogP contribution in [0.5, 0.6) is 0 Å². The topological polar surface area (TPSA) is 96.0 Å². The van der Waals surface area contributed by atoms with Crippen molar-refractivity contribution >= 4 is 32.5 Å².